The van der Waals surface area contributed by atoms with Gasteiger partial charge in [-0.2, -0.15) is 0 Å². The highest BCUT2D eigenvalue weighted by Crippen LogP contribution is 2.54. The van der Waals surface area contributed by atoms with E-state index >= 15 is 0 Å². The van der Waals surface area contributed by atoms with Gasteiger partial charge in [-0.05, 0) is 0 Å². The molecule has 1 aliphatic carbocycles. The maximum atomic E-state index is 11.7. The fourth-order valence-corrected chi connectivity index (χ4v) is 1.50. The Hall–Kier alpha value is -0.860. The third-order valence-electron chi connectivity index (χ3n) is 2.44. The average molecular weight is 172 g/mol. The largest absolute Gasteiger partial charge is 0.463 e. The molecule has 2 atom stereocenters. The van der Waals surface area contributed by atoms with Gasteiger partial charge in [-0.1, -0.05) is 26.0 Å². The molecule has 0 bridgehead atoms. The molecule has 0 aromatic heterocycles. The van der Waals surface area contributed by atoms with Gasteiger partial charge >= 0.3 is 0 Å². The highest BCUT2D eigenvalue weighted by atomic mass is 19.1. The van der Waals surface area contributed by atoms with E-state index in [0.29, 0.717) is 6.47 Å². The van der Waals surface area contributed by atoms with E-state index in [1.54, 1.807) is 6.08 Å². The number of ether oxygens (including phenoxy) is 1. The minimum absolute atomic E-state index is 0.0212. The van der Waals surface area contributed by atoms with Gasteiger partial charge < -0.3 is 4.74 Å². The summed E-state index contributed by atoms with van der Waals surface area (Å²) in [4.78, 5) is 10.0. The van der Waals surface area contributed by atoms with Crippen LogP contribution in [-0.2, 0) is 9.53 Å². The number of carbonyl (C=O) groups excluding carboxylic acids is 1. The van der Waals surface area contributed by atoms with Crippen LogP contribution in [0.5, 0.6) is 0 Å². The van der Waals surface area contributed by atoms with E-state index in [0.717, 1.165) is 0 Å². The zero-order valence-electron chi connectivity index (χ0n) is 7.29. The Labute approximate surface area is 71.4 Å². The van der Waals surface area contributed by atoms with Crippen molar-refractivity contribution in [2.45, 2.75) is 20.0 Å². The third-order valence-corrected chi connectivity index (χ3v) is 2.44. The minimum Gasteiger partial charge on any atom is -0.463 e. The van der Waals surface area contributed by atoms with Crippen molar-refractivity contribution < 1.29 is 13.9 Å². The molecule has 0 saturated heterocycles. The van der Waals surface area contributed by atoms with E-state index in [9.17, 15) is 9.18 Å². The fourth-order valence-electron chi connectivity index (χ4n) is 1.50. The molecule has 0 aromatic rings. The number of allylic oxidation sites excluding steroid dienone is 1. The van der Waals surface area contributed by atoms with Gasteiger partial charge in [-0.15, -0.1) is 0 Å². The van der Waals surface area contributed by atoms with Gasteiger partial charge in [0.1, 0.15) is 12.8 Å². The van der Waals surface area contributed by atoms with Crippen molar-refractivity contribution in [3.05, 3.63) is 12.2 Å². The van der Waals surface area contributed by atoms with E-state index < -0.39 is 6.67 Å². The third kappa shape index (κ3) is 1.49. The van der Waals surface area contributed by atoms with E-state index in [1.807, 2.05) is 13.8 Å². The maximum absolute atomic E-state index is 11.7. The van der Waals surface area contributed by atoms with Crippen LogP contribution in [0.2, 0.25) is 0 Å². The Bertz CT molecular complexity index is 199. The molecule has 0 aliphatic heterocycles. The highest BCUT2D eigenvalue weighted by Gasteiger charge is 2.58. The monoisotopic (exact) mass is 172 g/mol. The summed E-state index contributed by atoms with van der Waals surface area (Å²) >= 11 is 0. The molecule has 2 nitrogen and oxygen atoms in total. The lowest BCUT2D eigenvalue weighted by atomic mass is 10.1. The first-order valence-electron chi connectivity index (χ1n) is 3.96. The molecule has 0 spiro atoms. The van der Waals surface area contributed by atoms with E-state index in [4.69, 9.17) is 4.74 Å². The number of halogens is 1. The molecule has 1 fully saturated rings. The summed E-state index contributed by atoms with van der Waals surface area (Å²) in [5, 5.41) is 0. The smallest absolute Gasteiger partial charge is 0.293 e. The summed E-state index contributed by atoms with van der Waals surface area (Å²) < 4.78 is 16.6. The van der Waals surface area contributed by atoms with Crippen molar-refractivity contribution in [3.8, 4) is 0 Å². The first-order chi connectivity index (χ1) is 5.64. The van der Waals surface area contributed by atoms with Crippen LogP contribution in [0, 0.1) is 11.3 Å². The quantitative estimate of drug-likeness (QED) is 0.476. The second kappa shape index (κ2) is 3.25. The summed E-state index contributed by atoms with van der Waals surface area (Å²) in [5.74, 6) is 0.179. The van der Waals surface area contributed by atoms with Crippen molar-refractivity contribution in [1.82, 2.24) is 0 Å². The molecule has 1 rings (SSSR count). The van der Waals surface area contributed by atoms with Crippen LogP contribution >= 0.6 is 0 Å². The van der Waals surface area contributed by atoms with E-state index in [-0.39, 0.29) is 17.4 Å². The van der Waals surface area contributed by atoms with Gasteiger partial charge in [0.15, 0.2) is 0 Å². The number of rotatable bonds is 4. The molecular formula is C9H13FO2. The summed E-state index contributed by atoms with van der Waals surface area (Å²) in [7, 11) is 0. The topological polar surface area (TPSA) is 26.3 Å². The SMILES string of the molecule is CC1(C)C(C=CCF)C1OC=O. The number of alkyl halides is 1. The molecule has 1 aliphatic rings. The minimum atomic E-state index is -0.458. The Morgan fingerprint density at radius 3 is 2.75 bits per heavy atom. The van der Waals surface area contributed by atoms with E-state index in [2.05, 4.69) is 0 Å². The van der Waals surface area contributed by atoms with E-state index in [1.165, 1.54) is 6.08 Å². The van der Waals surface area contributed by atoms with Crippen LogP contribution < -0.4 is 0 Å². The van der Waals surface area contributed by atoms with Crippen molar-refractivity contribution in [3.63, 3.8) is 0 Å². The predicted molar refractivity (Wildman–Crippen MR) is 43.3 cm³/mol. The second-order valence-corrected chi connectivity index (χ2v) is 3.58. The van der Waals surface area contributed by atoms with Crippen molar-refractivity contribution in [1.29, 1.82) is 0 Å². The standard InChI is InChI=1S/C9H13FO2/c1-9(2)7(4-3-5-10)8(9)12-6-11/h3-4,6-8H,5H2,1-2H3. The van der Waals surface area contributed by atoms with Crippen LogP contribution in [0.15, 0.2) is 12.2 Å². The van der Waals surface area contributed by atoms with Gasteiger partial charge in [-0.3, -0.25) is 4.79 Å². The fraction of sp³-hybridized carbons (Fsp3) is 0.667. The van der Waals surface area contributed by atoms with Gasteiger partial charge in [0.2, 0.25) is 0 Å². The predicted octanol–water partition coefficient (Wildman–Crippen LogP) is 1.71. The molecule has 0 amide bonds. The van der Waals surface area contributed by atoms with Gasteiger partial charge in [0.25, 0.3) is 6.47 Å². The first-order valence-corrected chi connectivity index (χ1v) is 3.96. The molecule has 12 heavy (non-hydrogen) atoms. The number of hydrogen-bond acceptors (Lipinski definition) is 2. The zero-order chi connectivity index (χ0) is 9.19. The van der Waals surface area contributed by atoms with Crippen LogP contribution in [0.25, 0.3) is 0 Å². The molecule has 0 aromatic carbocycles. The summed E-state index contributed by atoms with van der Waals surface area (Å²) in [6, 6.07) is 0. The lowest BCUT2D eigenvalue weighted by Gasteiger charge is -1.97. The van der Waals surface area contributed by atoms with Crippen LogP contribution in [0.4, 0.5) is 4.39 Å². The Balaban J connectivity index is 2.48. The second-order valence-electron chi connectivity index (χ2n) is 3.58. The maximum Gasteiger partial charge on any atom is 0.293 e. The van der Waals surface area contributed by atoms with Gasteiger partial charge in [-0.25, -0.2) is 4.39 Å². The first kappa shape index (κ1) is 9.23. The molecule has 0 radical (unpaired) electrons. The number of carbonyl (C=O) groups is 1. The Morgan fingerprint density at radius 2 is 2.25 bits per heavy atom. The Morgan fingerprint density at radius 1 is 1.58 bits per heavy atom. The molecule has 68 valence electrons. The van der Waals surface area contributed by atoms with Crippen molar-refractivity contribution >= 4 is 6.47 Å². The van der Waals surface area contributed by atoms with Crippen molar-refractivity contribution in [2.24, 2.45) is 11.3 Å². The summed E-state index contributed by atoms with van der Waals surface area (Å²) in [6.07, 6.45) is 3.16. The lowest BCUT2D eigenvalue weighted by Crippen LogP contribution is -1.98. The summed E-state index contributed by atoms with van der Waals surface area (Å²) in [6.45, 7) is 3.99. The molecule has 3 heteroatoms. The van der Waals surface area contributed by atoms with Gasteiger partial charge in [0, 0.05) is 11.3 Å². The van der Waals surface area contributed by atoms with Crippen LogP contribution in [0.3, 0.4) is 0 Å². The molecule has 1 saturated carbocycles. The van der Waals surface area contributed by atoms with Crippen LogP contribution in [0.1, 0.15) is 13.8 Å². The average Bonchev–Trinajstić information content (AvgIpc) is 2.51. The molecule has 0 N–H and O–H groups in total. The normalized spacial score (nSPS) is 31.9. The lowest BCUT2D eigenvalue weighted by molar-refractivity contribution is -0.130. The zero-order valence-corrected chi connectivity index (χ0v) is 7.29. The Kier molecular flexibility index (Phi) is 2.50. The van der Waals surface area contributed by atoms with Crippen LogP contribution in [-0.4, -0.2) is 19.3 Å². The van der Waals surface area contributed by atoms with Gasteiger partial charge in [0.05, 0.1) is 0 Å². The molecule has 0 heterocycles. The summed E-state index contributed by atoms with van der Waals surface area (Å²) in [5.41, 5.74) is -0.0212. The molecule has 2 unspecified atom stereocenters. The molecular weight excluding hydrogens is 159 g/mol. The number of hydrogen-bond donors (Lipinski definition) is 0. The highest BCUT2D eigenvalue weighted by molar-refractivity contribution is 5.40. The van der Waals surface area contributed by atoms with Crippen molar-refractivity contribution in [2.75, 3.05) is 6.67 Å².